The van der Waals surface area contributed by atoms with Crippen LogP contribution in [0.5, 0.6) is 0 Å². The topological polar surface area (TPSA) is 29.5 Å². The maximum absolute atomic E-state index is 13.3. The van der Waals surface area contributed by atoms with Gasteiger partial charge in [-0.05, 0) is 24.1 Å². The summed E-state index contributed by atoms with van der Waals surface area (Å²) >= 11 is 0. The molecule has 0 aliphatic rings. The van der Waals surface area contributed by atoms with Crippen LogP contribution in [0.15, 0.2) is 18.2 Å². The van der Waals surface area contributed by atoms with Crippen LogP contribution in [0.1, 0.15) is 30.6 Å². The molecule has 0 fully saturated rings. The van der Waals surface area contributed by atoms with E-state index in [2.05, 4.69) is 0 Å². The monoisotopic (exact) mass is 266 g/mol. The predicted octanol–water partition coefficient (Wildman–Crippen LogP) is 3.30. The van der Waals surface area contributed by atoms with Crippen LogP contribution in [-0.2, 0) is 10.9 Å². The van der Waals surface area contributed by atoms with E-state index in [1.807, 2.05) is 0 Å². The quantitative estimate of drug-likeness (QED) is 0.847. The van der Waals surface area contributed by atoms with Crippen LogP contribution in [-0.4, -0.2) is 18.3 Å². The first-order valence-electron chi connectivity index (χ1n) is 5.38. The number of ether oxygens (including phenoxy) is 1. The summed E-state index contributed by atoms with van der Waals surface area (Å²) < 4.78 is 55.3. The highest BCUT2D eigenvalue weighted by molar-refractivity contribution is 5.28. The van der Waals surface area contributed by atoms with Crippen molar-refractivity contribution in [1.29, 1.82) is 0 Å². The van der Waals surface area contributed by atoms with E-state index in [0.29, 0.717) is 18.6 Å². The summed E-state index contributed by atoms with van der Waals surface area (Å²) in [4.78, 5) is 0. The molecule has 0 saturated carbocycles. The van der Waals surface area contributed by atoms with E-state index in [0.717, 1.165) is 6.07 Å². The van der Waals surface area contributed by atoms with Crippen LogP contribution in [0.3, 0.4) is 0 Å². The second kappa shape index (κ2) is 5.67. The fraction of sp³-hybridized carbons (Fsp3) is 0.500. The molecule has 0 saturated heterocycles. The zero-order chi connectivity index (χ0) is 13.9. The Bertz CT molecular complexity index is 400. The summed E-state index contributed by atoms with van der Waals surface area (Å²) in [6, 6.07) is 2.36. The van der Waals surface area contributed by atoms with Crippen molar-refractivity contribution in [1.82, 2.24) is 0 Å². The molecule has 2 atom stereocenters. The molecule has 2 nitrogen and oxygen atoms in total. The smallest absolute Gasteiger partial charge is 0.386 e. The summed E-state index contributed by atoms with van der Waals surface area (Å²) in [7, 11) is 1.37. The Kier molecular flexibility index (Phi) is 4.70. The summed E-state index contributed by atoms with van der Waals surface area (Å²) in [5, 5.41) is 9.83. The van der Waals surface area contributed by atoms with Gasteiger partial charge in [-0.2, -0.15) is 13.2 Å². The molecular formula is C12H14F4O2. The third-order valence-electron chi connectivity index (χ3n) is 2.70. The lowest BCUT2D eigenvalue weighted by molar-refractivity contribution is -0.140. The second-order valence-electron chi connectivity index (χ2n) is 3.86. The predicted molar refractivity (Wildman–Crippen MR) is 57.4 cm³/mol. The number of hydrogen-bond donors (Lipinski definition) is 1. The molecule has 1 aromatic carbocycles. The number of alkyl halides is 3. The van der Waals surface area contributed by atoms with Gasteiger partial charge >= 0.3 is 6.18 Å². The van der Waals surface area contributed by atoms with Crippen molar-refractivity contribution in [2.75, 3.05) is 7.11 Å². The Balaban J connectivity index is 3.04. The van der Waals surface area contributed by atoms with Crippen molar-refractivity contribution >= 4 is 0 Å². The lowest BCUT2D eigenvalue weighted by Gasteiger charge is -2.21. The van der Waals surface area contributed by atoms with E-state index in [1.165, 1.54) is 7.11 Å². The Labute approximate surface area is 102 Å². The molecule has 6 heteroatoms. The molecule has 0 aliphatic carbocycles. The van der Waals surface area contributed by atoms with Crippen molar-refractivity contribution in [3.8, 4) is 0 Å². The van der Waals surface area contributed by atoms with Gasteiger partial charge in [-0.25, -0.2) is 4.39 Å². The zero-order valence-corrected chi connectivity index (χ0v) is 9.96. The third kappa shape index (κ3) is 3.20. The lowest BCUT2D eigenvalue weighted by atomic mass is 10.0. The van der Waals surface area contributed by atoms with Gasteiger partial charge in [0, 0.05) is 7.11 Å². The summed E-state index contributed by atoms with van der Waals surface area (Å²) in [6.45, 7) is 1.75. The minimum absolute atomic E-state index is 0.0641. The molecule has 0 heterocycles. The Morgan fingerprint density at radius 3 is 2.33 bits per heavy atom. The third-order valence-corrected chi connectivity index (χ3v) is 2.70. The molecule has 1 aromatic rings. The minimum atomic E-state index is -4.74. The molecule has 18 heavy (non-hydrogen) atoms. The molecule has 102 valence electrons. The van der Waals surface area contributed by atoms with Crippen molar-refractivity contribution < 1.29 is 27.4 Å². The number of hydrogen-bond acceptors (Lipinski definition) is 2. The summed E-state index contributed by atoms with van der Waals surface area (Å²) in [5.74, 6) is -1.40. The number of aliphatic hydroxyl groups excluding tert-OH is 1. The van der Waals surface area contributed by atoms with Gasteiger partial charge in [-0.3, -0.25) is 0 Å². The average Bonchev–Trinajstić information content (AvgIpc) is 2.28. The molecule has 0 aliphatic heterocycles. The number of halogens is 4. The highest BCUT2D eigenvalue weighted by Crippen LogP contribution is 2.33. The molecule has 0 amide bonds. The number of benzene rings is 1. The fourth-order valence-electron chi connectivity index (χ4n) is 1.68. The zero-order valence-electron chi connectivity index (χ0n) is 9.96. The van der Waals surface area contributed by atoms with E-state index in [4.69, 9.17) is 4.74 Å². The average molecular weight is 266 g/mol. The van der Waals surface area contributed by atoms with Gasteiger partial charge in [0.2, 0.25) is 0 Å². The van der Waals surface area contributed by atoms with E-state index in [9.17, 15) is 22.7 Å². The Hall–Kier alpha value is -1.14. The van der Waals surface area contributed by atoms with Gasteiger partial charge in [0.05, 0.1) is 11.7 Å². The number of rotatable bonds is 4. The van der Waals surface area contributed by atoms with E-state index in [-0.39, 0.29) is 5.56 Å². The minimum Gasteiger partial charge on any atom is -0.386 e. The summed E-state index contributed by atoms with van der Waals surface area (Å²) in [5.41, 5.74) is -1.28. The Morgan fingerprint density at radius 2 is 1.94 bits per heavy atom. The van der Waals surface area contributed by atoms with Crippen LogP contribution < -0.4 is 0 Å². The maximum Gasteiger partial charge on any atom is 0.419 e. The maximum atomic E-state index is 13.3. The highest BCUT2D eigenvalue weighted by Gasteiger charge is 2.34. The number of aliphatic hydroxyl groups is 1. The van der Waals surface area contributed by atoms with Gasteiger partial charge in [0.25, 0.3) is 0 Å². The van der Waals surface area contributed by atoms with E-state index >= 15 is 0 Å². The standard InChI is InChI=1S/C12H14F4O2/c1-3-10(18-2)11(17)7-4-5-8(9(13)6-7)12(14,15)16/h4-6,10-11,17H,3H2,1-2H3. The van der Waals surface area contributed by atoms with Crippen LogP contribution in [0, 0.1) is 5.82 Å². The second-order valence-corrected chi connectivity index (χ2v) is 3.86. The first-order chi connectivity index (χ1) is 8.31. The molecule has 1 N–H and O–H groups in total. The van der Waals surface area contributed by atoms with Crippen LogP contribution in [0.4, 0.5) is 17.6 Å². The Morgan fingerprint density at radius 1 is 1.33 bits per heavy atom. The largest absolute Gasteiger partial charge is 0.419 e. The SMILES string of the molecule is CCC(OC)C(O)c1ccc(C(F)(F)F)c(F)c1. The van der Waals surface area contributed by atoms with Crippen molar-refractivity contribution in [2.24, 2.45) is 0 Å². The highest BCUT2D eigenvalue weighted by atomic mass is 19.4. The van der Waals surface area contributed by atoms with Gasteiger partial charge in [-0.15, -0.1) is 0 Å². The van der Waals surface area contributed by atoms with Crippen LogP contribution >= 0.6 is 0 Å². The number of methoxy groups -OCH3 is 1. The van der Waals surface area contributed by atoms with Gasteiger partial charge in [-0.1, -0.05) is 13.0 Å². The van der Waals surface area contributed by atoms with Crippen molar-refractivity contribution in [3.05, 3.63) is 35.1 Å². The van der Waals surface area contributed by atoms with Gasteiger partial charge in [0.15, 0.2) is 0 Å². The first kappa shape index (κ1) is 14.9. The lowest BCUT2D eigenvalue weighted by Crippen LogP contribution is -2.20. The molecule has 1 rings (SSSR count). The first-order valence-corrected chi connectivity index (χ1v) is 5.38. The summed E-state index contributed by atoms with van der Waals surface area (Å²) in [6.07, 6.45) is -6.02. The normalized spacial score (nSPS) is 15.5. The molecule has 0 aromatic heterocycles. The van der Waals surface area contributed by atoms with Crippen LogP contribution in [0.2, 0.25) is 0 Å². The molecule has 0 radical (unpaired) electrons. The molecule has 0 spiro atoms. The molecular weight excluding hydrogens is 252 g/mol. The van der Waals surface area contributed by atoms with E-state index in [1.54, 1.807) is 6.92 Å². The van der Waals surface area contributed by atoms with Crippen LogP contribution in [0.25, 0.3) is 0 Å². The van der Waals surface area contributed by atoms with E-state index < -0.39 is 29.8 Å². The molecule has 0 bridgehead atoms. The van der Waals surface area contributed by atoms with Gasteiger partial charge in [0.1, 0.15) is 11.9 Å². The molecule has 2 unspecified atom stereocenters. The fourth-order valence-corrected chi connectivity index (χ4v) is 1.68. The van der Waals surface area contributed by atoms with Gasteiger partial charge < -0.3 is 9.84 Å². The van der Waals surface area contributed by atoms with Crippen molar-refractivity contribution in [2.45, 2.75) is 31.7 Å². The van der Waals surface area contributed by atoms with Crippen molar-refractivity contribution in [3.63, 3.8) is 0 Å².